The van der Waals surface area contributed by atoms with Crippen molar-refractivity contribution in [3.05, 3.63) is 65.2 Å². The van der Waals surface area contributed by atoms with E-state index in [1.54, 1.807) is 7.11 Å². The van der Waals surface area contributed by atoms with E-state index in [0.29, 0.717) is 50.5 Å². The molecule has 5 heteroatoms. The second kappa shape index (κ2) is 9.59. The van der Waals surface area contributed by atoms with E-state index in [4.69, 9.17) is 4.74 Å². The van der Waals surface area contributed by atoms with Crippen molar-refractivity contribution in [3.63, 3.8) is 0 Å². The number of ether oxygens (including phenoxy) is 1. The first-order valence-corrected chi connectivity index (χ1v) is 10.3. The van der Waals surface area contributed by atoms with Gasteiger partial charge in [-0.05, 0) is 47.7 Å². The number of carbonyl (C=O) groups is 2. The van der Waals surface area contributed by atoms with Gasteiger partial charge < -0.3 is 14.5 Å². The standard InChI is InChI=1S/C24H30N2O3/c1-18(2)20-8-10-21(11-9-20)24(28)26-15-13-25(14-16-26)23(27)12-7-19-5-4-6-22(17-19)29-3/h4-6,8-11,17-18H,7,12-16H2,1-3H3. The molecule has 2 amide bonds. The summed E-state index contributed by atoms with van der Waals surface area (Å²) in [6.45, 7) is 6.62. The molecule has 154 valence electrons. The Bertz CT molecular complexity index is 837. The van der Waals surface area contributed by atoms with Crippen LogP contribution in [0.15, 0.2) is 48.5 Å². The molecule has 0 aromatic heterocycles. The molecular formula is C24H30N2O3. The number of hydrogen-bond donors (Lipinski definition) is 0. The van der Waals surface area contributed by atoms with E-state index in [2.05, 4.69) is 13.8 Å². The van der Waals surface area contributed by atoms with Crippen LogP contribution in [0.4, 0.5) is 0 Å². The first-order chi connectivity index (χ1) is 14.0. The number of piperazine rings is 1. The van der Waals surface area contributed by atoms with Crippen molar-refractivity contribution in [3.8, 4) is 5.75 Å². The first kappa shape index (κ1) is 20.9. The fraction of sp³-hybridized carbons (Fsp3) is 0.417. The number of aryl methyl sites for hydroxylation is 1. The molecule has 1 aliphatic heterocycles. The van der Waals surface area contributed by atoms with Gasteiger partial charge >= 0.3 is 0 Å². The molecule has 0 N–H and O–H groups in total. The van der Waals surface area contributed by atoms with Gasteiger partial charge in [0.1, 0.15) is 5.75 Å². The quantitative estimate of drug-likeness (QED) is 0.750. The average molecular weight is 395 g/mol. The summed E-state index contributed by atoms with van der Waals surface area (Å²) in [5.74, 6) is 1.44. The van der Waals surface area contributed by atoms with Crippen LogP contribution in [0.2, 0.25) is 0 Å². The molecule has 0 aliphatic carbocycles. The SMILES string of the molecule is COc1cccc(CCC(=O)N2CCN(C(=O)c3ccc(C(C)C)cc3)CC2)c1. The van der Waals surface area contributed by atoms with Crippen LogP contribution in [-0.2, 0) is 11.2 Å². The van der Waals surface area contributed by atoms with Gasteiger partial charge in [0, 0.05) is 38.2 Å². The Labute approximate surface area is 173 Å². The van der Waals surface area contributed by atoms with Gasteiger partial charge in [0.05, 0.1) is 7.11 Å². The normalized spacial score (nSPS) is 14.2. The van der Waals surface area contributed by atoms with Crippen LogP contribution in [-0.4, -0.2) is 54.9 Å². The third-order valence-corrected chi connectivity index (χ3v) is 5.51. The number of carbonyl (C=O) groups excluding carboxylic acids is 2. The molecule has 2 aromatic carbocycles. The summed E-state index contributed by atoms with van der Waals surface area (Å²) >= 11 is 0. The lowest BCUT2D eigenvalue weighted by atomic mass is 10.0. The summed E-state index contributed by atoms with van der Waals surface area (Å²) in [6, 6.07) is 15.7. The summed E-state index contributed by atoms with van der Waals surface area (Å²) in [5.41, 5.74) is 3.04. The van der Waals surface area contributed by atoms with Crippen LogP contribution >= 0.6 is 0 Å². The molecule has 2 aromatic rings. The smallest absolute Gasteiger partial charge is 0.253 e. The lowest BCUT2D eigenvalue weighted by Crippen LogP contribution is -2.50. The topological polar surface area (TPSA) is 49.9 Å². The van der Waals surface area contributed by atoms with Crippen LogP contribution in [0, 0.1) is 0 Å². The summed E-state index contributed by atoms with van der Waals surface area (Å²) in [7, 11) is 1.64. The van der Waals surface area contributed by atoms with Gasteiger partial charge in [0.2, 0.25) is 5.91 Å². The minimum atomic E-state index is 0.0452. The zero-order chi connectivity index (χ0) is 20.8. The predicted molar refractivity (Wildman–Crippen MR) is 114 cm³/mol. The molecule has 0 saturated carbocycles. The monoisotopic (exact) mass is 394 g/mol. The fourth-order valence-corrected chi connectivity index (χ4v) is 3.59. The molecule has 1 saturated heterocycles. The van der Waals surface area contributed by atoms with Crippen molar-refractivity contribution in [1.29, 1.82) is 0 Å². The van der Waals surface area contributed by atoms with Crippen molar-refractivity contribution >= 4 is 11.8 Å². The van der Waals surface area contributed by atoms with Gasteiger partial charge in [-0.2, -0.15) is 0 Å². The maximum Gasteiger partial charge on any atom is 0.253 e. The summed E-state index contributed by atoms with van der Waals surface area (Å²) in [6.07, 6.45) is 1.16. The molecule has 5 nitrogen and oxygen atoms in total. The Balaban J connectivity index is 1.49. The first-order valence-electron chi connectivity index (χ1n) is 10.3. The van der Waals surface area contributed by atoms with Gasteiger partial charge in [-0.1, -0.05) is 38.1 Å². The van der Waals surface area contributed by atoms with Gasteiger partial charge in [-0.25, -0.2) is 0 Å². The van der Waals surface area contributed by atoms with E-state index >= 15 is 0 Å². The van der Waals surface area contributed by atoms with Crippen LogP contribution in [0.3, 0.4) is 0 Å². The Kier molecular flexibility index (Phi) is 6.91. The molecule has 0 radical (unpaired) electrons. The lowest BCUT2D eigenvalue weighted by molar-refractivity contribution is -0.132. The Hall–Kier alpha value is -2.82. The van der Waals surface area contributed by atoms with Crippen molar-refractivity contribution in [2.45, 2.75) is 32.6 Å². The number of rotatable bonds is 6. The van der Waals surface area contributed by atoms with E-state index in [-0.39, 0.29) is 11.8 Å². The molecule has 0 atom stereocenters. The summed E-state index contributed by atoms with van der Waals surface area (Å²) in [5, 5.41) is 0. The minimum Gasteiger partial charge on any atom is -0.497 e. The third kappa shape index (κ3) is 5.37. The van der Waals surface area contributed by atoms with Gasteiger partial charge in [0.25, 0.3) is 5.91 Å². The van der Waals surface area contributed by atoms with Crippen LogP contribution < -0.4 is 4.74 Å². The average Bonchev–Trinajstić information content (AvgIpc) is 2.77. The number of hydrogen-bond acceptors (Lipinski definition) is 3. The van der Waals surface area contributed by atoms with Crippen molar-refractivity contribution in [2.75, 3.05) is 33.3 Å². The lowest BCUT2D eigenvalue weighted by Gasteiger charge is -2.35. The van der Waals surface area contributed by atoms with Gasteiger partial charge in [0.15, 0.2) is 0 Å². The van der Waals surface area contributed by atoms with Crippen molar-refractivity contribution < 1.29 is 14.3 Å². The zero-order valence-corrected chi connectivity index (χ0v) is 17.6. The predicted octanol–water partition coefficient (Wildman–Crippen LogP) is 3.74. The molecule has 0 unspecified atom stereocenters. The molecular weight excluding hydrogens is 364 g/mol. The van der Waals surface area contributed by atoms with E-state index < -0.39 is 0 Å². The number of methoxy groups -OCH3 is 1. The minimum absolute atomic E-state index is 0.0452. The highest BCUT2D eigenvalue weighted by atomic mass is 16.5. The molecule has 0 bridgehead atoms. The second-order valence-electron chi connectivity index (χ2n) is 7.80. The Morgan fingerprint density at radius 3 is 2.24 bits per heavy atom. The summed E-state index contributed by atoms with van der Waals surface area (Å²) in [4.78, 5) is 29.0. The molecule has 1 heterocycles. The number of nitrogens with zero attached hydrogens (tertiary/aromatic N) is 2. The van der Waals surface area contributed by atoms with Crippen molar-refractivity contribution in [1.82, 2.24) is 9.80 Å². The highest BCUT2D eigenvalue weighted by Crippen LogP contribution is 2.17. The molecule has 1 fully saturated rings. The van der Waals surface area contributed by atoms with Crippen LogP contribution in [0.25, 0.3) is 0 Å². The maximum atomic E-state index is 12.7. The molecule has 29 heavy (non-hydrogen) atoms. The highest BCUT2D eigenvalue weighted by Gasteiger charge is 2.24. The zero-order valence-electron chi connectivity index (χ0n) is 17.6. The van der Waals surface area contributed by atoms with E-state index in [9.17, 15) is 9.59 Å². The Morgan fingerprint density at radius 1 is 0.966 bits per heavy atom. The summed E-state index contributed by atoms with van der Waals surface area (Å²) < 4.78 is 5.23. The number of amides is 2. The molecule has 1 aliphatic rings. The fourth-order valence-electron chi connectivity index (χ4n) is 3.59. The number of benzene rings is 2. The molecule has 3 rings (SSSR count). The molecule has 0 spiro atoms. The van der Waals surface area contributed by atoms with Crippen LogP contribution in [0.1, 0.15) is 47.7 Å². The van der Waals surface area contributed by atoms with E-state index in [1.807, 2.05) is 58.3 Å². The van der Waals surface area contributed by atoms with E-state index in [0.717, 1.165) is 11.3 Å². The Morgan fingerprint density at radius 2 is 1.62 bits per heavy atom. The maximum absolute atomic E-state index is 12.7. The second-order valence-corrected chi connectivity index (χ2v) is 7.80. The van der Waals surface area contributed by atoms with Crippen LogP contribution in [0.5, 0.6) is 5.75 Å². The third-order valence-electron chi connectivity index (χ3n) is 5.51. The van der Waals surface area contributed by atoms with Gasteiger partial charge in [-0.15, -0.1) is 0 Å². The highest BCUT2D eigenvalue weighted by molar-refractivity contribution is 5.94. The van der Waals surface area contributed by atoms with Gasteiger partial charge in [-0.3, -0.25) is 9.59 Å². The van der Waals surface area contributed by atoms with E-state index in [1.165, 1.54) is 5.56 Å². The van der Waals surface area contributed by atoms with Crippen molar-refractivity contribution in [2.24, 2.45) is 0 Å². The largest absolute Gasteiger partial charge is 0.497 e.